The number of ether oxygens (including phenoxy) is 1. The molecule has 0 atom stereocenters. The summed E-state index contributed by atoms with van der Waals surface area (Å²) in [5, 5.41) is 1.98. The van der Waals surface area contributed by atoms with Crippen LogP contribution in [0, 0.1) is 0 Å². The predicted molar refractivity (Wildman–Crippen MR) is 99.2 cm³/mol. The zero-order chi connectivity index (χ0) is 17.2. The molecule has 0 saturated heterocycles. The molecular formula is C19H15N3O2S. The largest absolute Gasteiger partial charge is 0.497 e. The fourth-order valence-electron chi connectivity index (χ4n) is 2.72. The molecule has 0 aliphatic heterocycles. The lowest BCUT2D eigenvalue weighted by molar-refractivity contribution is 0.415. The number of hydrogen-bond donors (Lipinski definition) is 0. The number of rotatable bonds is 4. The number of methoxy groups -OCH3 is 1. The Morgan fingerprint density at radius 3 is 2.76 bits per heavy atom. The number of thiophene rings is 1. The molecule has 0 fully saturated rings. The maximum Gasteiger partial charge on any atom is 0.271 e. The van der Waals surface area contributed by atoms with Crippen molar-refractivity contribution >= 4 is 21.6 Å². The molecule has 0 aliphatic carbocycles. The van der Waals surface area contributed by atoms with Gasteiger partial charge in [-0.2, -0.15) is 0 Å². The summed E-state index contributed by atoms with van der Waals surface area (Å²) in [6.45, 7) is 0.464. The molecule has 0 saturated carbocycles. The van der Waals surface area contributed by atoms with E-state index in [0.717, 1.165) is 28.0 Å². The average molecular weight is 349 g/mol. The van der Waals surface area contributed by atoms with E-state index in [-0.39, 0.29) is 5.56 Å². The Labute approximate surface area is 148 Å². The topological polar surface area (TPSA) is 57.0 Å². The Hall–Kier alpha value is -2.99. The van der Waals surface area contributed by atoms with Crippen molar-refractivity contribution in [2.24, 2.45) is 0 Å². The zero-order valence-corrected chi connectivity index (χ0v) is 14.4. The van der Waals surface area contributed by atoms with Gasteiger partial charge in [-0.05, 0) is 29.3 Å². The molecule has 3 aromatic heterocycles. The van der Waals surface area contributed by atoms with Crippen molar-refractivity contribution in [3.63, 3.8) is 0 Å². The van der Waals surface area contributed by atoms with Crippen molar-refractivity contribution < 1.29 is 4.74 Å². The van der Waals surface area contributed by atoms with Gasteiger partial charge in [0.15, 0.2) is 0 Å². The molecule has 6 heteroatoms. The first kappa shape index (κ1) is 15.5. The van der Waals surface area contributed by atoms with E-state index in [4.69, 9.17) is 4.74 Å². The first-order valence-electron chi connectivity index (χ1n) is 7.76. The average Bonchev–Trinajstić information content (AvgIpc) is 3.10. The Balaban J connectivity index is 1.75. The van der Waals surface area contributed by atoms with Crippen molar-refractivity contribution in [3.05, 3.63) is 76.4 Å². The van der Waals surface area contributed by atoms with E-state index < -0.39 is 0 Å². The third-order valence-corrected chi connectivity index (χ3v) is 4.98. The van der Waals surface area contributed by atoms with Crippen molar-refractivity contribution in [1.82, 2.24) is 14.5 Å². The van der Waals surface area contributed by atoms with Gasteiger partial charge in [0.2, 0.25) is 0 Å². The van der Waals surface area contributed by atoms with Gasteiger partial charge in [0.25, 0.3) is 5.56 Å². The standard InChI is InChI=1S/C19H15N3O2S/c1-24-15-6-4-14(5-7-15)16-11-25-18-17(16)21-12-22(19(18)23)10-13-3-2-8-20-9-13/h2-9,11-12H,10H2,1H3. The van der Waals surface area contributed by atoms with Gasteiger partial charge in [0.05, 0.1) is 25.5 Å². The SMILES string of the molecule is COc1ccc(-c2csc3c(=O)n(Cc4cccnc4)cnc23)cc1. The summed E-state index contributed by atoms with van der Waals surface area (Å²) in [5.74, 6) is 0.801. The summed E-state index contributed by atoms with van der Waals surface area (Å²) in [6, 6.07) is 11.6. The van der Waals surface area contributed by atoms with Crippen LogP contribution < -0.4 is 10.3 Å². The van der Waals surface area contributed by atoms with Gasteiger partial charge in [0.1, 0.15) is 10.4 Å². The molecule has 0 bridgehead atoms. The second-order valence-electron chi connectivity index (χ2n) is 5.59. The van der Waals surface area contributed by atoms with Crippen molar-refractivity contribution in [2.75, 3.05) is 7.11 Å². The van der Waals surface area contributed by atoms with Crippen LogP contribution >= 0.6 is 11.3 Å². The monoisotopic (exact) mass is 349 g/mol. The zero-order valence-electron chi connectivity index (χ0n) is 13.5. The smallest absolute Gasteiger partial charge is 0.271 e. The Bertz CT molecular complexity index is 1070. The highest BCUT2D eigenvalue weighted by molar-refractivity contribution is 7.17. The molecule has 0 spiro atoms. The van der Waals surface area contributed by atoms with Gasteiger partial charge < -0.3 is 4.74 Å². The minimum absolute atomic E-state index is 0.0291. The lowest BCUT2D eigenvalue weighted by Gasteiger charge is -2.06. The number of nitrogens with zero attached hydrogens (tertiary/aromatic N) is 3. The van der Waals surface area contributed by atoms with Crippen LogP contribution in [0.3, 0.4) is 0 Å². The van der Waals surface area contributed by atoms with E-state index in [0.29, 0.717) is 11.2 Å². The second kappa shape index (κ2) is 6.49. The lowest BCUT2D eigenvalue weighted by atomic mass is 10.1. The van der Waals surface area contributed by atoms with Crippen LogP contribution in [-0.2, 0) is 6.54 Å². The minimum atomic E-state index is -0.0291. The van der Waals surface area contributed by atoms with E-state index in [1.165, 1.54) is 11.3 Å². The third-order valence-electron chi connectivity index (χ3n) is 4.02. The van der Waals surface area contributed by atoms with Crippen molar-refractivity contribution in [3.8, 4) is 16.9 Å². The van der Waals surface area contributed by atoms with Crippen LogP contribution in [0.25, 0.3) is 21.3 Å². The van der Waals surface area contributed by atoms with Crippen molar-refractivity contribution in [1.29, 1.82) is 0 Å². The minimum Gasteiger partial charge on any atom is -0.497 e. The van der Waals surface area contributed by atoms with Crippen LogP contribution in [0.2, 0.25) is 0 Å². The van der Waals surface area contributed by atoms with Crippen molar-refractivity contribution in [2.45, 2.75) is 6.54 Å². The lowest BCUT2D eigenvalue weighted by Crippen LogP contribution is -2.20. The van der Waals surface area contributed by atoms with Gasteiger partial charge in [-0.25, -0.2) is 4.98 Å². The van der Waals surface area contributed by atoms with Gasteiger partial charge in [0, 0.05) is 23.3 Å². The number of aromatic nitrogens is 3. The number of pyridine rings is 1. The molecule has 4 rings (SSSR count). The predicted octanol–water partition coefficient (Wildman–Crippen LogP) is 3.58. The number of benzene rings is 1. The van der Waals surface area contributed by atoms with E-state index in [1.54, 1.807) is 30.4 Å². The molecular weight excluding hydrogens is 334 g/mol. The van der Waals surface area contributed by atoms with Crippen LogP contribution in [0.1, 0.15) is 5.56 Å². The Kier molecular flexibility index (Phi) is 4.03. The third kappa shape index (κ3) is 2.92. The molecule has 124 valence electrons. The number of hydrogen-bond acceptors (Lipinski definition) is 5. The molecule has 3 heterocycles. The van der Waals surface area contributed by atoms with E-state index in [2.05, 4.69) is 9.97 Å². The van der Waals surface area contributed by atoms with Gasteiger partial charge in [-0.15, -0.1) is 11.3 Å². The van der Waals surface area contributed by atoms with E-state index >= 15 is 0 Å². The summed E-state index contributed by atoms with van der Waals surface area (Å²) in [5.41, 5.74) is 3.66. The van der Waals surface area contributed by atoms with Gasteiger partial charge in [-0.3, -0.25) is 14.3 Å². The molecule has 0 aliphatic rings. The van der Waals surface area contributed by atoms with Gasteiger partial charge in [-0.1, -0.05) is 18.2 Å². The highest BCUT2D eigenvalue weighted by atomic mass is 32.1. The molecule has 5 nitrogen and oxygen atoms in total. The van der Waals surface area contributed by atoms with Crippen LogP contribution in [0.5, 0.6) is 5.75 Å². The summed E-state index contributed by atoms with van der Waals surface area (Å²) in [6.07, 6.45) is 5.08. The molecule has 0 unspecified atom stereocenters. The second-order valence-corrected chi connectivity index (χ2v) is 6.47. The Morgan fingerprint density at radius 1 is 1.20 bits per heavy atom. The normalized spacial score (nSPS) is 10.9. The molecule has 0 N–H and O–H groups in total. The maximum absolute atomic E-state index is 12.8. The van der Waals surface area contributed by atoms with Crippen LogP contribution in [-0.4, -0.2) is 21.6 Å². The fraction of sp³-hybridized carbons (Fsp3) is 0.105. The molecule has 0 amide bonds. The molecule has 25 heavy (non-hydrogen) atoms. The molecule has 1 aromatic carbocycles. The molecule has 4 aromatic rings. The summed E-state index contributed by atoms with van der Waals surface area (Å²) in [4.78, 5) is 21.4. The van der Waals surface area contributed by atoms with Crippen LogP contribution in [0.15, 0.2) is 65.3 Å². The fourth-order valence-corrected chi connectivity index (χ4v) is 3.69. The molecule has 0 radical (unpaired) electrons. The highest BCUT2D eigenvalue weighted by Crippen LogP contribution is 2.31. The highest BCUT2D eigenvalue weighted by Gasteiger charge is 2.12. The first-order chi connectivity index (χ1) is 12.3. The van der Waals surface area contributed by atoms with E-state index in [1.807, 2.05) is 41.8 Å². The van der Waals surface area contributed by atoms with E-state index in [9.17, 15) is 4.79 Å². The number of fused-ring (bicyclic) bond motifs is 1. The van der Waals surface area contributed by atoms with Crippen LogP contribution in [0.4, 0.5) is 0 Å². The first-order valence-corrected chi connectivity index (χ1v) is 8.64. The summed E-state index contributed by atoms with van der Waals surface area (Å²) < 4.78 is 7.48. The summed E-state index contributed by atoms with van der Waals surface area (Å²) >= 11 is 1.43. The van der Waals surface area contributed by atoms with Gasteiger partial charge >= 0.3 is 0 Å². The quantitative estimate of drug-likeness (QED) is 0.565. The Morgan fingerprint density at radius 2 is 2.04 bits per heavy atom. The maximum atomic E-state index is 12.8. The summed E-state index contributed by atoms with van der Waals surface area (Å²) in [7, 11) is 1.64.